The first kappa shape index (κ1) is 45.0. The second-order valence-corrected chi connectivity index (χ2v) is 15.2. The lowest BCUT2D eigenvalue weighted by Gasteiger charge is -2.34. The largest absolute Gasteiger partial charge is 0.507 e. The highest BCUT2D eigenvalue weighted by Crippen LogP contribution is 2.40. The van der Waals surface area contributed by atoms with Crippen LogP contribution in [-0.2, 0) is 24.7 Å². The van der Waals surface area contributed by atoms with Gasteiger partial charge in [-0.2, -0.15) is 13.2 Å². The molecule has 1 saturated heterocycles. The number of halogens is 7. The zero-order chi connectivity index (χ0) is 42.4. The van der Waals surface area contributed by atoms with E-state index in [1.54, 1.807) is 17.9 Å². The molecule has 0 bridgehead atoms. The highest BCUT2D eigenvalue weighted by Gasteiger charge is 2.39. The molecule has 2 amide bonds. The molecule has 0 aliphatic carbocycles. The summed E-state index contributed by atoms with van der Waals surface area (Å²) in [4.78, 5) is 40.1. The Kier molecular flexibility index (Phi) is 14.8. The number of aryl methyl sites for hydroxylation is 2. The van der Waals surface area contributed by atoms with Crippen molar-refractivity contribution in [1.29, 1.82) is 0 Å². The Morgan fingerprint density at radius 3 is 2.32 bits per heavy atom. The quantitative estimate of drug-likeness (QED) is 0.0498. The number of carbonyl (C=O) groups is 3. The summed E-state index contributed by atoms with van der Waals surface area (Å²) in [7, 11) is 0. The van der Waals surface area contributed by atoms with Crippen LogP contribution in [0.3, 0.4) is 0 Å². The molecular weight excluding hydrogens is 824 g/mol. The first-order valence-electron chi connectivity index (χ1n) is 18.0. The van der Waals surface area contributed by atoms with Crippen molar-refractivity contribution in [3.05, 3.63) is 110 Å². The second-order valence-electron chi connectivity index (χ2n) is 14.3. The Labute approximate surface area is 334 Å². The number of nitrogens with zero attached hydrogens (tertiary/aromatic N) is 1. The van der Waals surface area contributed by atoms with Gasteiger partial charge in [0.25, 0.3) is 0 Å². The third-order valence-corrected chi connectivity index (χ3v) is 9.95. The topological polar surface area (TPSA) is 128 Å². The Balaban J connectivity index is 1.89. The van der Waals surface area contributed by atoms with Gasteiger partial charge in [-0.05, 0) is 105 Å². The smallest absolute Gasteiger partial charge is 0.416 e. The molecule has 0 saturated carbocycles. The highest BCUT2D eigenvalue weighted by molar-refractivity contribution is 9.10. The van der Waals surface area contributed by atoms with E-state index in [2.05, 4.69) is 26.6 Å². The van der Waals surface area contributed by atoms with Crippen LogP contribution < -0.4 is 10.6 Å². The summed E-state index contributed by atoms with van der Waals surface area (Å²) in [5.41, 5.74) is -2.64. The molecule has 308 valence electrons. The number of phenols is 1. The molecule has 1 unspecified atom stereocenters. The lowest BCUT2D eigenvalue weighted by molar-refractivity contribution is -0.143. The van der Waals surface area contributed by atoms with Gasteiger partial charge in [0.15, 0.2) is 0 Å². The van der Waals surface area contributed by atoms with Crippen molar-refractivity contribution in [1.82, 2.24) is 15.5 Å². The number of aromatic hydroxyl groups is 1. The molecule has 0 radical (unpaired) electrons. The van der Waals surface area contributed by atoms with E-state index in [-0.39, 0.29) is 71.5 Å². The minimum atomic E-state index is -5.17. The number of nitrogens with one attached hydrogen (secondary N) is 2. The molecule has 16 heteroatoms. The number of alkyl halides is 4. The minimum Gasteiger partial charge on any atom is -0.507 e. The Hall–Kier alpha value is -4.67. The average molecular weight is 869 g/mol. The summed E-state index contributed by atoms with van der Waals surface area (Å²) in [5.74, 6) is -6.44. The van der Waals surface area contributed by atoms with Crippen molar-refractivity contribution in [3.63, 3.8) is 0 Å². The predicted octanol–water partition coefficient (Wildman–Crippen LogP) is 8.00. The van der Waals surface area contributed by atoms with E-state index in [4.69, 9.17) is 4.74 Å². The van der Waals surface area contributed by atoms with E-state index < -0.39 is 76.6 Å². The lowest BCUT2D eigenvalue weighted by atomic mass is 9.88. The molecule has 3 aromatic rings. The molecule has 57 heavy (non-hydrogen) atoms. The number of hydrogen-bond acceptors (Lipinski definition) is 7. The maximum Gasteiger partial charge on any atom is 0.416 e. The molecule has 4 N–H and O–H groups in total. The van der Waals surface area contributed by atoms with E-state index >= 15 is 8.78 Å². The molecule has 1 aliphatic rings. The van der Waals surface area contributed by atoms with Crippen molar-refractivity contribution < 1.29 is 55.7 Å². The number of aliphatic hydroxyl groups is 1. The Morgan fingerprint density at radius 2 is 1.74 bits per heavy atom. The number of phenolic OH excluding ortho intramolecular Hbond substituents is 1. The van der Waals surface area contributed by atoms with Gasteiger partial charge in [-0.1, -0.05) is 28.1 Å². The summed E-state index contributed by atoms with van der Waals surface area (Å²) in [5, 5.41) is 26.2. The monoisotopic (exact) mass is 867 g/mol. The molecule has 1 fully saturated rings. The van der Waals surface area contributed by atoms with E-state index in [9.17, 15) is 42.2 Å². The number of esters is 1. The molecule has 1 aliphatic heterocycles. The van der Waals surface area contributed by atoms with Crippen LogP contribution in [0, 0.1) is 25.5 Å². The van der Waals surface area contributed by atoms with Crippen LogP contribution in [0.4, 0.5) is 26.3 Å². The van der Waals surface area contributed by atoms with E-state index in [1.165, 1.54) is 52.0 Å². The maximum atomic E-state index is 16.2. The number of rotatable bonds is 16. The number of ether oxygens (including phenoxy) is 1. The number of carbonyl (C=O) groups excluding carboxylic acids is 3. The van der Waals surface area contributed by atoms with Crippen LogP contribution in [0.15, 0.2) is 70.4 Å². The van der Waals surface area contributed by atoms with E-state index in [1.807, 2.05) is 0 Å². The van der Waals surface area contributed by atoms with Gasteiger partial charge < -0.3 is 25.6 Å². The van der Waals surface area contributed by atoms with Gasteiger partial charge in [-0.3, -0.25) is 19.3 Å². The van der Waals surface area contributed by atoms with Crippen molar-refractivity contribution in [2.45, 2.75) is 77.4 Å². The number of allylic oxidation sites excluding steroid dienone is 1. The third-order valence-electron chi connectivity index (χ3n) is 9.46. The summed E-state index contributed by atoms with van der Waals surface area (Å²) in [6, 6.07) is 7.37. The molecule has 2 atom stereocenters. The number of hydrogen-bond donors (Lipinski definition) is 4. The zero-order valence-electron chi connectivity index (χ0n) is 31.9. The predicted molar refractivity (Wildman–Crippen MR) is 205 cm³/mol. The SMILES string of the molecule is CCOC(=O)C[C@H](NC(=O)C(/C=C(\C(=C/NC=O)CCN1CC(F)C1)C(F)(F)F)c1cc(Br)ccc1F)c1cc(-c2c(C)cc(C(C)(C)O)cc2O)cc(C)c1F. The summed E-state index contributed by atoms with van der Waals surface area (Å²) in [6.45, 7) is 7.48. The van der Waals surface area contributed by atoms with Crippen LogP contribution in [0.25, 0.3) is 11.1 Å². The fourth-order valence-corrected chi connectivity index (χ4v) is 6.95. The third kappa shape index (κ3) is 11.5. The maximum absolute atomic E-state index is 16.2. The summed E-state index contributed by atoms with van der Waals surface area (Å²) < 4.78 is 95.5. The minimum absolute atomic E-state index is 0.00183. The molecule has 1 heterocycles. The fourth-order valence-electron chi connectivity index (χ4n) is 6.58. The Morgan fingerprint density at radius 1 is 1.05 bits per heavy atom. The van der Waals surface area contributed by atoms with Gasteiger partial charge in [0.1, 0.15) is 23.6 Å². The van der Waals surface area contributed by atoms with Gasteiger partial charge in [0, 0.05) is 47.0 Å². The van der Waals surface area contributed by atoms with Crippen molar-refractivity contribution in [3.8, 4) is 16.9 Å². The van der Waals surface area contributed by atoms with Gasteiger partial charge >= 0.3 is 12.1 Å². The number of amides is 2. The van der Waals surface area contributed by atoms with Gasteiger partial charge in [0.05, 0.1) is 36.2 Å². The molecule has 4 rings (SSSR count). The average Bonchev–Trinajstić information content (AvgIpc) is 3.09. The van der Waals surface area contributed by atoms with Gasteiger partial charge in [0.2, 0.25) is 12.3 Å². The van der Waals surface area contributed by atoms with Crippen LogP contribution in [0.5, 0.6) is 5.75 Å². The Bertz CT molecular complexity index is 2020. The zero-order valence-corrected chi connectivity index (χ0v) is 33.5. The van der Waals surface area contributed by atoms with Crippen LogP contribution in [0.2, 0.25) is 0 Å². The van der Waals surface area contributed by atoms with Gasteiger partial charge in [-0.15, -0.1) is 0 Å². The molecule has 0 aromatic heterocycles. The van der Waals surface area contributed by atoms with E-state index in [0.717, 1.165) is 18.3 Å². The normalized spacial score (nSPS) is 15.5. The second kappa shape index (κ2) is 18.7. The highest BCUT2D eigenvalue weighted by atomic mass is 79.9. The van der Waals surface area contributed by atoms with Crippen LogP contribution in [-0.4, -0.2) is 72.0 Å². The van der Waals surface area contributed by atoms with Gasteiger partial charge in [-0.25, -0.2) is 13.2 Å². The fraction of sp³-hybridized carbons (Fsp3) is 0.390. The lowest BCUT2D eigenvalue weighted by Crippen LogP contribution is -2.48. The van der Waals surface area contributed by atoms with Crippen LogP contribution in [0.1, 0.15) is 73.4 Å². The number of likely N-dealkylation sites (tertiary alicyclic amines) is 1. The first-order valence-corrected chi connectivity index (χ1v) is 18.8. The summed E-state index contributed by atoms with van der Waals surface area (Å²) >= 11 is 3.17. The molecular formula is C41H44BrF6N3O6. The van der Waals surface area contributed by atoms with Crippen molar-refractivity contribution >= 4 is 34.2 Å². The van der Waals surface area contributed by atoms with E-state index in [0.29, 0.717) is 17.2 Å². The van der Waals surface area contributed by atoms with Crippen molar-refractivity contribution in [2.75, 3.05) is 26.2 Å². The van der Waals surface area contributed by atoms with Crippen LogP contribution >= 0.6 is 15.9 Å². The first-order chi connectivity index (χ1) is 26.6. The molecule has 0 spiro atoms. The molecule has 3 aromatic carbocycles. The summed E-state index contributed by atoms with van der Waals surface area (Å²) in [6.07, 6.45) is -5.94. The number of benzene rings is 3. The standard InChI is InChI=1S/C41H44BrF6N3O6/c1-6-57-36(54)17-34(31-13-25(11-23(3)38(31)45)37-22(2)12-26(14-35(37)53)40(4,5)56)50-39(55)30(29-15-27(42)7-8-33(29)44)16-32(41(46,47)48)24(18-49-21-52)9-10-51-19-28(43)20-51/h7-8,11-16,18,21,28,30,34,53,56H,6,9-10,17,19-20H2,1-5H3,(H,49,52)(H,50,55)/b24-18-,32-16+/t30?,34-/m0/s1. The van der Waals surface area contributed by atoms with Crippen molar-refractivity contribution in [2.24, 2.45) is 0 Å². The molecule has 9 nitrogen and oxygen atoms in total.